The number of aliphatic hydroxyl groups excluding tert-OH is 1. The molecule has 2 N–H and O–H groups in total. The molecule has 12 nitrogen and oxygen atoms in total. The molecule has 1 amide bonds. The highest BCUT2D eigenvalue weighted by Crippen LogP contribution is 2.43. The van der Waals surface area contributed by atoms with Gasteiger partial charge < -0.3 is 34.1 Å². The SMILES string of the molecule is C=CCO[C@H]1[C@@H](O)[C@H](n2cnc3c(NC(=O)c4ccccc4)ncnc32)O[C@@H]1COC(c1ccccc1)(c1ccc(OC)cc1)c1ccc(OC)cc1. The van der Waals surface area contributed by atoms with E-state index in [0.29, 0.717) is 28.2 Å². The number of rotatable bonds is 14. The summed E-state index contributed by atoms with van der Waals surface area (Å²) in [7, 11) is 3.25. The van der Waals surface area contributed by atoms with Crippen LogP contribution in [0.2, 0.25) is 0 Å². The zero-order valence-corrected chi connectivity index (χ0v) is 29.2. The van der Waals surface area contributed by atoms with E-state index in [4.69, 9.17) is 23.7 Å². The van der Waals surface area contributed by atoms with Gasteiger partial charge in [-0.2, -0.15) is 0 Å². The number of benzene rings is 4. The monoisotopic (exact) mass is 713 g/mol. The average Bonchev–Trinajstić information content (AvgIpc) is 3.79. The summed E-state index contributed by atoms with van der Waals surface area (Å²) in [4.78, 5) is 26.2. The van der Waals surface area contributed by atoms with E-state index < -0.39 is 30.1 Å². The Labute approximate surface area is 306 Å². The molecule has 0 saturated carbocycles. The van der Waals surface area contributed by atoms with Crippen molar-refractivity contribution in [3.8, 4) is 11.5 Å². The molecule has 3 heterocycles. The number of carbonyl (C=O) groups excluding carboxylic acids is 1. The van der Waals surface area contributed by atoms with Crippen LogP contribution in [0.1, 0.15) is 33.3 Å². The number of hydrogen-bond donors (Lipinski definition) is 2. The molecule has 6 aromatic rings. The van der Waals surface area contributed by atoms with Gasteiger partial charge in [-0.3, -0.25) is 9.36 Å². The van der Waals surface area contributed by atoms with E-state index in [2.05, 4.69) is 26.8 Å². The fourth-order valence-corrected chi connectivity index (χ4v) is 6.65. The zero-order chi connectivity index (χ0) is 36.8. The van der Waals surface area contributed by atoms with Crippen molar-refractivity contribution in [1.29, 1.82) is 0 Å². The predicted molar refractivity (Wildman–Crippen MR) is 198 cm³/mol. The van der Waals surface area contributed by atoms with Crippen LogP contribution >= 0.6 is 0 Å². The summed E-state index contributed by atoms with van der Waals surface area (Å²) >= 11 is 0. The summed E-state index contributed by atoms with van der Waals surface area (Å²) in [6.07, 6.45) is 0.730. The molecule has 1 aliphatic heterocycles. The number of nitrogens with one attached hydrogen (secondary N) is 1. The molecule has 4 aromatic carbocycles. The first-order valence-corrected chi connectivity index (χ1v) is 17.0. The zero-order valence-electron chi connectivity index (χ0n) is 29.2. The Kier molecular flexibility index (Phi) is 10.6. The molecule has 0 aliphatic carbocycles. The number of carbonyl (C=O) groups is 1. The maximum Gasteiger partial charge on any atom is 0.256 e. The lowest BCUT2D eigenvalue weighted by molar-refractivity contribution is -0.101. The second kappa shape index (κ2) is 15.8. The van der Waals surface area contributed by atoms with Crippen molar-refractivity contribution in [3.05, 3.63) is 157 Å². The second-order valence-corrected chi connectivity index (χ2v) is 12.3. The van der Waals surface area contributed by atoms with Gasteiger partial charge in [0, 0.05) is 5.56 Å². The highest BCUT2D eigenvalue weighted by atomic mass is 16.6. The average molecular weight is 714 g/mol. The van der Waals surface area contributed by atoms with Crippen LogP contribution in [-0.2, 0) is 19.8 Å². The molecule has 0 unspecified atom stereocenters. The Morgan fingerprint density at radius 2 is 1.47 bits per heavy atom. The summed E-state index contributed by atoms with van der Waals surface area (Å²) in [5.74, 6) is 1.28. The third-order valence-corrected chi connectivity index (χ3v) is 9.25. The Hall–Kier alpha value is -5.92. The number of aliphatic hydroxyl groups is 1. The molecular weight excluding hydrogens is 674 g/mol. The van der Waals surface area contributed by atoms with Gasteiger partial charge in [-0.25, -0.2) is 15.0 Å². The van der Waals surface area contributed by atoms with Crippen LogP contribution in [0.3, 0.4) is 0 Å². The largest absolute Gasteiger partial charge is 0.497 e. The van der Waals surface area contributed by atoms with Crippen molar-refractivity contribution >= 4 is 22.9 Å². The summed E-state index contributed by atoms with van der Waals surface area (Å²) in [5, 5.41) is 14.6. The molecule has 7 rings (SSSR count). The lowest BCUT2D eigenvalue weighted by Crippen LogP contribution is -2.41. The van der Waals surface area contributed by atoms with E-state index in [-0.39, 0.29) is 24.9 Å². The van der Waals surface area contributed by atoms with Crippen molar-refractivity contribution in [1.82, 2.24) is 19.5 Å². The minimum Gasteiger partial charge on any atom is -0.497 e. The van der Waals surface area contributed by atoms with Crippen LogP contribution in [-0.4, -0.2) is 76.3 Å². The van der Waals surface area contributed by atoms with Gasteiger partial charge in [-0.15, -0.1) is 6.58 Å². The molecule has 4 atom stereocenters. The molecule has 1 saturated heterocycles. The van der Waals surface area contributed by atoms with Crippen LogP contribution < -0.4 is 14.8 Å². The van der Waals surface area contributed by atoms with E-state index in [0.717, 1.165) is 16.7 Å². The molecule has 270 valence electrons. The summed E-state index contributed by atoms with van der Waals surface area (Å²) in [5.41, 5.74) is 2.58. The van der Waals surface area contributed by atoms with E-state index in [1.807, 2.05) is 84.9 Å². The molecule has 53 heavy (non-hydrogen) atoms. The standard InChI is InChI=1S/C41H39N5O7/c1-4-23-51-36-33(53-40(35(36)47)46-26-44-34-37(42-25-43-38(34)46)45-39(48)27-11-7-5-8-12-27)24-52-41(28-13-9-6-10-14-28,29-15-19-31(49-2)20-16-29)30-17-21-32(50-3)22-18-30/h4-22,25-26,33,35-36,40,47H,1,23-24H2,2-3H3,(H,42,43,45,48)/t33-,35-,36-,40-/m1/s1. The van der Waals surface area contributed by atoms with Crippen molar-refractivity contribution in [3.63, 3.8) is 0 Å². The lowest BCUT2D eigenvalue weighted by Gasteiger charge is -2.37. The Balaban J connectivity index is 1.24. The minimum atomic E-state index is -1.16. The summed E-state index contributed by atoms with van der Waals surface area (Å²) in [6, 6.07) is 34.2. The number of nitrogens with zero attached hydrogens (tertiary/aromatic N) is 4. The van der Waals surface area contributed by atoms with E-state index in [9.17, 15) is 9.90 Å². The smallest absolute Gasteiger partial charge is 0.256 e. The quantitative estimate of drug-likeness (QED) is 0.103. The molecule has 12 heteroatoms. The summed E-state index contributed by atoms with van der Waals surface area (Å²) < 4.78 is 32.5. The van der Waals surface area contributed by atoms with Crippen molar-refractivity contribution in [2.75, 3.05) is 32.8 Å². The Morgan fingerprint density at radius 3 is 2.08 bits per heavy atom. The van der Waals surface area contributed by atoms with Gasteiger partial charge in [0.15, 0.2) is 23.2 Å². The number of amides is 1. The third kappa shape index (κ3) is 7.00. The Morgan fingerprint density at radius 1 is 0.868 bits per heavy atom. The lowest BCUT2D eigenvalue weighted by atomic mass is 9.80. The van der Waals surface area contributed by atoms with Gasteiger partial charge in [0.1, 0.15) is 41.7 Å². The van der Waals surface area contributed by atoms with Crippen molar-refractivity contribution in [2.24, 2.45) is 0 Å². The highest BCUT2D eigenvalue weighted by molar-refractivity contribution is 6.06. The maximum absolute atomic E-state index is 13.0. The van der Waals surface area contributed by atoms with E-state index in [1.165, 1.54) is 12.7 Å². The topological polar surface area (TPSA) is 139 Å². The third-order valence-electron chi connectivity index (χ3n) is 9.25. The normalized spacial score (nSPS) is 18.5. The van der Waals surface area contributed by atoms with Gasteiger partial charge >= 0.3 is 0 Å². The molecule has 2 aromatic heterocycles. The van der Waals surface area contributed by atoms with Crippen LogP contribution in [0, 0.1) is 0 Å². The van der Waals surface area contributed by atoms with Gasteiger partial charge in [0.2, 0.25) is 0 Å². The minimum absolute atomic E-state index is 0.00230. The van der Waals surface area contributed by atoms with Gasteiger partial charge in [0.05, 0.1) is 33.8 Å². The van der Waals surface area contributed by atoms with Gasteiger partial charge in [0.25, 0.3) is 5.91 Å². The van der Waals surface area contributed by atoms with Crippen LogP contribution in [0.5, 0.6) is 11.5 Å². The first kappa shape index (κ1) is 35.5. The molecular formula is C41H39N5O7. The molecule has 0 bridgehead atoms. The fraction of sp³-hybridized carbons (Fsp3) is 0.220. The fourth-order valence-electron chi connectivity index (χ4n) is 6.65. The number of methoxy groups -OCH3 is 2. The summed E-state index contributed by atoms with van der Waals surface area (Å²) in [6.45, 7) is 3.97. The van der Waals surface area contributed by atoms with Crippen molar-refractivity contribution < 1.29 is 33.6 Å². The van der Waals surface area contributed by atoms with E-state index in [1.54, 1.807) is 49.1 Å². The molecule has 0 spiro atoms. The maximum atomic E-state index is 13.0. The van der Waals surface area contributed by atoms with Gasteiger partial charge in [-0.1, -0.05) is 78.9 Å². The number of hydrogen-bond acceptors (Lipinski definition) is 10. The number of ether oxygens (including phenoxy) is 5. The Bertz CT molecular complexity index is 2100. The highest BCUT2D eigenvalue weighted by Gasteiger charge is 2.48. The van der Waals surface area contributed by atoms with Crippen molar-refractivity contribution in [2.45, 2.75) is 30.1 Å². The molecule has 1 fully saturated rings. The van der Waals surface area contributed by atoms with Crippen LogP contribution in [0.25, 0.3) is 11.2 Å². The molecule has 0 radical (unpaired) electrons. The number of aromatic nitrogens is 4. The van der Waals surface area contributed by atoms with Crippen LogP contribution in [0.15, 0.2) is 135 Å². The predicted octanol–water partition coefficient (Wildman–Crippen LogP) is 5.93. The number of imidazole rings is 1. The number of anilines is 1. The van der Waals surface area contributed by atoms with Crippen LogP contribution in [0.4, 0.5) is 5.82 Å². The number of fused-ring (bicyclic) bond motifs is 1. The second-order valence-electron chi connectivity index (χ2n) is 12.3. The van der Waals surface area contributed by atoms with Gasteiger partial charge in [-0.05, 0) is 53.1 Å². The first-order chi connectivity index (χ1) is 26.0. The molecule has 1 aliphatic rings. The first-order valence-electron chi connectivity index (χ1n) is 17.0. The van der Waals surface area contributed by atoms with E-state index >= 15 is 0 Å².